The molecule has 2 rings (SSSR count). The highest BCUT2D eigenvalue weighted by molar-refractivity contribution is 5.19. The van der Waals surface area contributed by atoms with Gasteiger partial charge in [-0.25, -0.2) is 0 Å². The lowest BCUT2D eigenvalue weighted by atomic mass is 9.68. The van der Waals surface area contributed by atoms with Crippen molar-refractivity contribution in [3.63, 3.8) is 0 Å². The molecule has 0 N–H and O–H groups in total. The van der Waals surface area contributed by atoms with Gasteiger partial charge < -0.3 is 0 Å². The van der Waals surface area contributed by atoms with E-state index in [-0.39, 0.29) is 0 Å². The van der Waals surface area contributed by atoms with Gasteiger partial charge in [0, 0.05) is 0 Å². The van der Waals surface area contributed by atoms with Gasteiger partial charge in [0.15, 0.2) is 5.83 Å². The number of hydrogen-bond donors (Lipinski definition) is 0. The summed E-state index contributed by atoms with van der Waals surface area (Å²) in [6.45, 7) is 2.29. The van der Waals surface area contributed by atoms with Gasteiger partial charge in [0.2, 0.25) is 0 Å². The Labute approximate surface area is 141 Å². The monoisotopic (exact) mass is 317 g/mol. The second-order valence-corrected chi connectivity index (χ2v) is 7.61. The highest BCUT2D eigenvalue weighted by Gasteiger charge is 2.30. The number of unbranched alkanes of at least 4 members (excludes halogenated alkanes) is 1. The molecule has 0 amide bonds. The van der Waals surface area contributed by atoms with E-state index in [1.165, 1.54) is 82.8 Å². The Morgan fingerprint density at radius 3 is 2.22 bits per heavy atom. The summed E-state index contributed by atoms with van der Waals surface area (Å²) in [6.07, 6.45) is 20.3. The fraction of sp³-hybridized carbons (Fsp3) is 0.762. The second-order valence-electron chi connectivity index (χ2n) is 7.61. The zero-order chi connectivity index (χ0) is 16.5. The zero-order valence-electron chi connectivity index (χ0n) is 14.6. The normalized spacial score (nSPS) is 32.8. The summed E-state index contributed by atoms with van der Waals surface area (Å²) in [5, 5.41) is 8.39. The van der Waals surface area contributed by atoms with Crippen LogP contribution in [0.5, 0.6) is 0 Å². The van der Waals surface area contributed by atoms with Gasteiger partial charge in [-0.15, -0.1) is 0 Å². The molecule has 2 heteroatoms. The molecule has 0 bridgehead atoms. The molecule has 0 aromatic carbocycles. The summed E-state index contributed by atoms with van der Waals surface area (Å²) < 4.78 is 12.7. The summed E-state index contributed by atoms with van der Waals surface area (Å²) in [6, 6.07) is 1.51. The number of nitrogens with zero attached hydrogens (tertiary/aromatic N) is 1. The van der Waals surface area contributed by atoms with Crippen molar-refractivity contribution < 1.29 is 4.39 Å². The third kappa shape index (κ3) is 6.13. The maximum absolute atomic E-state index is 12.7. The lowest BCUT2D eigenvalue weighted by molar-refractivity contribution is 0.152. The Kier molecular flexibility index (Phi) is 7.86. The Bertz CT molecular complexity index is 429. The standard InChI is InChI=1S/C21H32FN/c1-2-3-5-17-8-12-19(13-9-17)20-14-10-18(11-15-20)6-4-7-21(22)16-23/h4,6-7,17-20H,2-3,5,8-15H2,1H3/t17-,18-,19-,20-. The molecule has 1 nitrogen and oxygen atoms in total. The van der Waals surface area contributed by atoms with Crippen LogP contribution in [0, 0.1) is 35.0 Å². The third-order valence-electron chi connectivity index (χ3n) is 6.07. The van der Waals surface area contributed by atoms with Gasteiger partial charge >= 0.3 is 0 Å². The van der Waals surface area contributed by atoms with E-state index in [4.69, 9.17) is 5.26 Å². The van der Waals surface area contributed by atoms with Gasteiger partial charge in [0.25, 0.3) is 0 Å². The van der Waals surface area contributed by atoms with Crippen LogP contribution in [0.25, 0.3) is 0 Å². The van der Waals surface area contributed by atoms with Crippen molar-refractivity contribution in [2.75, 3.05) is 0 Å². The van der Waals surface area contributed by atoms with E-state index in [1.807, 2.05) is 0 Å². The van der Waals surface area contributed by atoms with Gasteiger partial charge in [-0.05, 0) is 68.3 Å². The van der Waals surface area contributed by atoms with Crippen LogP contribution >= 0.6 is 0 Å². The Balaban J connectivity index is 1.68. The molecule has 0 heterocycles. The van der Waals surface area contributed by atoms with Crippen molar-refractivity contribution in [3.05, 3.63) is 24.1 Å². The van der Waals surface area contributed by atoms with Crippen LogP contribution in [0.1, 0.15) is 77.6 Å². The van der Waals surface area contributed by atoms with Crippen LogP contribution in [0.4, 0.5) is 4.39 Å². The predicted octanol–water partition coefficient (Wildman–Crippen LogP) is 6.72. The zero-order valence-corrected chi connectivity index (χ0v) is 14.6. The van der Waals surface area contributed by atoms with Gasteiger partial charge in [-0.3, -0.25) is 0 Å². The van der Waals surface area contributed by atoms with Crippen LogP contribution in [0.15, 0.2) is 24.1 Å². The van der Waals surface area contributed by atoms with Crippen molar-refractivity contribution in [1.82, 2.24) is 0 Å². The molecule has 0 aromatic rings. The second kappa shape index (κ2) is 9.91. The fourth-order valence-corrected chi connectivity index (χ4v) is 4.58. The Hall–Kier alpha value is -1.10. The first-order valence-electron chi connectivity index (χ1n) is 9.67. The summed E-state index contributed by atoms with van der Waals surface area (Å²) in [5.41, 5.74) is 0. The Morgan fingerprint density at radius 2 is 1.65 bits per heavy atom. The first-order chi connectivity index (χ1) is 11.2. The van der Waals surface area contributed by atoms with Gasteiger partial charge in [0.1, 0.15) is 6.07 Å². The molecule has 2 fully saturated rings. The first kappa shape index (κ1) is 18.2. The van der Waals surface area contributed by atoms with E-state index < -0.39 is 5.83 Å². The minimum atomic E-state index is -0.699. The van der Waals surface area contributed by atoms with Crippen LogP contribution in [0.2, 0.25) is 0 Å². The van der Waals surface area contributed by atoms with Crippen molar-refractivity contribution in [3.8, 4) is 6.07 Å². The fourth-order valence-electron chi connectivity index (χ4n) is 4.58. The average molecular weight is 317 g/mol. The number of allylic oxidation sites excluding steroid dienone is 4. The van der Waals surface area contributed by atoms with Crippen molar-refractivity contribution >= 4 is 0 Å². The molecular formula is C21H32FN. The smallest absolute Gasteiger partial charge is 0.195 e. The summed E-state index contributed by atoms with van der Waals surface area (Å²) >= 11 is 0. The summed E-state index contributed by atoms with van der Waals surface area (Å²) in [7, 11) is 0. The topological polar surface area (TPSA) is 23.8 Å². The summed E-state index contributed by atoms with van der Waals surface area (Å²) in [4.78, 5) is 0. The molecule has 0 atom stereocenters. The Morgan fingerprint density at radius 1 is 1.04 bits per heavy atom. The average Bonchev–Trinajstić information content (AvgIpc) is 2.61. The van der Waals surface area contributed by atoms with E-state index in [0.717, 1.165) is 17.8 Å². The van der Waals surface area contributed by atoms with Gasteiger partial charge in [-0.2, -0.15) is 9.65 Å². The lowest BCUT2D eigenvalue weighted by Gasteiger charge is -2.37. The molecule has 0 unspecified atom stereocenters. The maximum atomic E-state index is 12.7. The minimum absolute atomic E-state index is 0.579. The molecule has 0 saturated heterocycles. The molecular weight excluding hydrogens is 285 g/mol. The van der Waals surface area contributed by atoms with E-state index >= 15 is 0 Å². The number of hydrogen-bond acceptors (Lipinski definition) is 1. The number of rotatable bonds is 6. The van der Waals surface area contributed by atoms with Crippen molar-refractivity contribution in [2.24, 2.45) is 23.7 Å². The van der Waals surface area contributed by atoms with E-state index in [9.17, 15) is 4.39 Å². The lowest BCUT2D eigenvalue weighted by Crippen LogP contribution is -2.25. The quantitative estimate of drug-likeness (QED) is 0.394. The molecule has 2 aliphatic carbocycles. The van der Waals surface area contributed by atoms with Crippen LogP contribution in [-0.4, -0.2) is 0 Å². The van der Waals surface area contributed by atoms with Crippen LogP contribution < -0.4 is 0 Å². The first-order valence-corrected chi connectivity index (χ1v) is 9.67. The number of halogens is 1. The van der Waals surface area contributed by atoms with E-state index in [1.54, 1.807) is 6.08 Å². The largest absolute Gasteiger partial charge is 0.199 e. The molecule has 2 saturated carbocycles. The molecule has 23 heavy (non-hydrogen) atoms. The molecule has 128 valence electrons. The molecule has 0 aliphatic heterocycles. The van der Waals surface area contributed by atoms with E-state index in [0.29, 0.717) is 5.92 Å². The predicted molar refractivity (Wildman–Crippen MR) is 94.4 cm³/mol. The van der Waals surface area contributed by atoms with Crippen LogP contribution in [0.3, 0.4) is 0 Å². The molecule has 0 radical (unpaired) electrons. The van der Waals surface area contributed by atoms with Crippen molar-refractivity contribution in [1.29, 1.82) is 5.26 Å². The van der Waals surface area contributed by atoms with E-state index in [2.05, 4.69) is 13.0 Å². The van der Waals surface area contributed by atoms with Gasteiger partial charge in [-0.1, -0.05) is 51.2 Å². The summed E-state index contributed by atoms with van der Waals surface area (Å²) in [5.74, 6) is 2.78. The molecule has 2 aliphatic rings. The molecule has 0 spiro atoms. The highest BCUT2D eigenvalue weighted by Crippen LogP contribution is 2.42. The van der Waals surface area contributed by atoms with Crippen molar-refractivity contribution in [2.45, 2.75) is 77.6 Å². The SMILES string of the molecule is CCCC[C@H]1CC[C@H]([C@H]2CC[C@H](C=CC=C(F)C#N)CC2)CC1. The maximum Gasteiger partial charge on any atom is 0.199 e. The third-order valence-corrected chi connectivity index (χ3v) is 6.07. The van der Waals surface area contributed by atoms with Crippen LogP contribution in [-0.2, 0) is 0 Å². The minimum Gasteiger partial charge on any atom is -0.195 e. The van der Waals surface area contributed by atoms with Gasteiger partial charge in [0.05, 0.1) is 0 Å². The highest BCUT2D eigenvalue weighted by atomic mass is 19.1. The molecule has 0 aromatic heterocycles. The number of nitriles is 1.